The molecule has 0 unspecified atom stereocenters. The maximum atomic E-state index is 12.8. The van der Waals surface area contributed by atoms with Crippen LogP contribution in [0.4, 0.5) is 0 Å². The number of sulfonamides is 1. The second-order valence-electron chi connectivity index (χ2n) is 9.68. The van der Waals surface area contributed by atoms with Gasteiger partial charge in [0.1, 0.15) is 0 Å². The van der Waals surface area contributed by atoms with Crippen LogP contribution in [0.1, 0.15) is 36.9 Å². The number of amides is 1. The number of halogens is 1. The third kappa shape index (κ3) is 6.81. The van der Waals surface area contributed by atoms with Crippen LogP contribution in [0.15, 0.2) is 62.6 Å². The smallest absolute Gasteiger partial charge is 0.265 e. The second-order valence-corrected chi connectivity index (χ2v) is 19.4. The number of hydrogen-bond donors (Lipinski definition) is 1. The Hall–Kier alpha value is -1.88. The number of nitrogens with one attached hydrogen (secondary N) is 1. The predicted molar refractivity (Wildman–Crippen MR) is 143 cm³/mol. The largest absolute Gasteiger partial charge is 0.321 e. The first-order chi connectivity index (χ1) is 15.3. The van der Waals surface area contributed by atoms with Crippen molar-refractivity contribution in [1.82, 2.24) is 10.3 Å². The number of rotatable bonds is 6. The van der Waals surface area contributed by atoms with E-state index in [1.165, 1.54) is 11.3 Å². The lowest BCUT2D eigenvalue weighted by atomic mass is 10.1. The minimum atomic E-state index is -3.64. The van der Waals surface area contributed by atoms with Gasteiger partial charge < -0.3 is 5.32 Å². The Balaban J connectivity index is 1.78. The van der Waals surface area contributed by atoms with Crippen LogP contribution in [0, 0.1) is 0 Å². The zero-order valence-corrected chi connectivity index (χ0v) is 23.6. The molecule has 2 aromatic heterocycles. The van der Waals surface area contributed by atoms with E-state index in [1.54, 1.807) is 24.4 Å². The quantitative estimate of drug-likeness (QED) is 0.440. The normalized spacial score (nSPS) is 16.4. The highest BCUT2D eigenvalue weighted by molar-refractivity contribution is 9.11. The summed E-state index contributed by atoms with van der Waals surface area (Å²) in [4.78, 5) is 17.6. The van der Waals surface area contributed by atoms with Crippen LogP contribution in [-0.2, 0) is 10.0 Å². The summed E-state index contributed by atoms with van der Waals surface area (Å²) in [5.41, 5.74) is 2.57. The lowest BCUT2D eigenvalue weighted by Gasteiger charge is -2.35. The summed E-state index contributed by atoms with van der Waals surface area (Å²) in [5, 5.41) is 4.77. The van der Waals surface area contributed by atoms with Crippen molar-refractivity contribution in [2.24, 2.45) is 4.40 Å². The summed E-state index contributed by atoms with van der Waals surface area (Å²) < 4.78 is 30.6. The van der Waals surface area contributed by atoms with Gasteiger partial charge in [0.2, 0.25) is 0 Å². The van der Waals surface area contributed by atoms with Crippen molar-refractivity contribution < 1.29 is 13.2 Å². The SMILES string of the molecule is CC(C)(C)[Si](C)(C)CS(=O)(=O)N=C1C=C(NC(=O)c2cc(-c3ccccn3)cs2)C=C(Br)C1. The molecule has 0 radical (unpaired) electrons. The van der Waals surface area contributed by atoms with Crippen molar-refractivity contribution in [3.8, 4) is 11.3 Å². The molecule has 2 heterocycles. The van der Waals surface area contributed by atoms with E-state index >= 15 is 0 Å². The van der Waals surface area contributed by atoms with Crippen LogP contribution < -0.4 is 5.32 Å². The van der Waals surface area contributed by atoms with Gasteiger partial charge in [-0.05, 0) is 35.4 Å². The van der Waals surface area contributed by atoms with Gasteiger partial charge in [0.15, 0.2) is 0 Å². The molecule has 0 bridgehead atoms. The lowest BCUT2D eigenvalue weighted by Crippen LogP contribution is -2.44. The van der Waals surface area contributed by atoms with Crippen LogP contribution in [0.25, 0.3) is 11.3 Å². The fraction of sp³-hybridized carbons (Fsp3) is 0.348. The van der Waals surface area contributed by atoms with E-state index in [0.717, 1.165) is 15.7 Å². The van der Waals surface area contributed by atoms with Gasteiger partial charge in [-0.15, -0.1) is 11.3 Å². The number of nitrogens with zero attached hydrogens (tertiary/aromatic N) is 2. The number of carbonyl (C=O) groups is 1. The molecule has 3 rings (SSSR count). The fourth-order valence-electron chi connectivity index (χ4n) is 3.00. The van der Waals surface area contributed by atoms with Crippen molar-refractivity contribution >= 4 is 57.0 Å². The predicted octanol–water partition coefficient (Wildman–Crippen LogP) is 5.92. The van der Waals surface area contributed by atoms with Crippen molar-refractivity contribution in [2.45, 2.75) is 45.3 Å². The third-order valence-electron chi connectivity index (χ3n) is 5.86. The average molecular weight is 567 g/mol. The zero-order chi connectivity index (χ0) is 24.4. The molecule has 0 aliphatic heterocycles. The Morgan fingerprint density at radius 3 is 2.64 bits per heavy atom. The maximum Gasteiger partial charge on any atom is 0.265 e. The summed E-state index contributed by atoms with van der Waals surface area (Å²) in [7, 11) is -5.71. The van der Waals surface area contributed by atoms with Gasteiger partial charge in [0.25, 0.3) is 15.9 Å². The number of hydrogen-bond acceptors (Lipinski definition) is 5. The average Bonchev–Trinajstić information content (AvgIpc) is 3.16. The van der Waals surface area contributed by atoms with Gasteiger partial charge >= 0.3 is 0 Å². The van der Waals surface area contributed by atoms with E-state index in [1.807, 2.05) is 23.6 Å². The fourth-order valence-corrected chi connectivity index (χ4v) is 10.4. The molecule has 0 saturated heterocycles. The first kappa shape index (κ1) is 25.7. The van der Waals surface area contributed by atoms with E-state index in [2.05, 4.69) is 64.5 Å². The van der Waals surface area contributed by atoms with Gasteiger partial charge in [-0.2, -0.15) is 4.40 Å². The Kier molecular flexibility index (Phi) is 7.62. The van der Waals surface area contributed by atoms with Gasteiger partial charge in [-0.3, -0.25) is 9.78 Å². The van der Waals surface area contributed by atoms with Crippen molar-refractivity contribution in [2.75, 3.05) is 5.38 Å². The molecule has 0 atom stereocenters. The standard InChI is InChI=1S/C23H28BrN3O3S2Si/c1-23(2,3)33(4,5)15-32(29,30)27-19-12-17(24)11-18(13-19)26-22(28)21-10-16(14-31-21)20-8-6-7-9-25-20/h6-11,13-14H,12,15H2,1-5H3,(H,26,28). The number of carbonyl (C=O) groups excluding carboxylic acids is 1. The molecular formula is C23H28BrN3O3S2Si. The Bertz CT molecular complexity index is 1240. The molecule has 176 valence electrons. The molecule has 10 heteroatoms. The molecule has 1 N–H and O–H groups in total. The number of thiophene rings is 1. The minimum absolute atomic E-state index is 0.0584. The van der Waals surface area contributed by atoms with E-state index in [4.69, 9.17) is 0 Å². The number of pyridine rings is 1. The van der Waals surface area contributed by atoms with Crippen LogP contribution in [0.2, 0.25) is 18.1 Å². The van der Waals surface area contributed by atoms with E-state index in [0.29, 0.717) is 22.7 Å². The molecule has 1 amide bonds. The maximum absolute atomic E-state index is 12.8. The van der Waals surface area contributed by atoms with Crippen LogP contribution in [0.3, 0.4) is 0 Å². The molecular weight excluding hydrogens is 538 g/mol. The highest BCUT2D eigenvalue weighted by atomic mass is 79.9. The number of aromatic nitrogens is 1. The van der Waals surface area contributed by atoms with Crippen LogP contribution >= 0.6 is 27.3 Å². The van der Waals surface area contributed by atoms with Crippen molar-refractivity contribution in [1.29, 1.82) is 0 Å². The van der Waals surface area contributed by atoms with Crippen molar-refractivity contribution in [3.63, 3.8) is 0 Å². The Morgan fingerprint density at radius 1 is 1.27 bits per heavy atom. The monoisotopic (exact) mass is 565 g/mol. The summed E-state index contributed by atoms with van der Waals surface area (Å²) in [6.45, 7) is 10.4. The Labute approximate surface area is 209 Å². The molecule has 33 heavy (non-hydrogen) atoms. The van der Waals surface area contributed by atoms with Crippen LogP contribution in [0.5, 0.6) is 0 Å². The zero-order valence-electron chi connectivity index (χ0n) is 19.3. The highest BCUT2D eigenvalue weighted by Gasteiger charge is 2.39. The summed E-state index contributed by atoms with van der Waals surface area (Å²) in [6.07, 6.45) is 5.46. The third-order valence-corrected chi connectivity index (χ3v) is 16.2. The molecule has 2 aromatic rings. The van der Waals surface area contributed by atoms with E-state index < -0.39 is 18.1 Å². The molecule has 0 fully saturated rings. The topological polar surface area (TPSA) is 88.5 Å². The van der Waals surface area contributed by atoms with E-state index in [9.17, 15) is 13.2 Å². The number of allylic oxidation sites excluding steroid dienone is 3. The summed E-state index contributed by atoms with van der Waals surface area (Å²) in [6, 6.07) is 7.42. The molecule has 0 aromatic carbocycles. The summed E-state index contributed by atoms with van der Waals surface area (Å²) in [5.74, 6) is -0.268. The second kappa shape index (κ2) is 9.77. The lowest BCUT2D eigenvalue weighted by molar-refractivity contribution is 0.0971. The van der Waals surface area contributed by atoms with Gasteiger partial charge in [0, 0.05) is 33.7 Å². The first-order valence-electron chi connectivity index (χ1n) is 10.5. The molecule has 0 saturated carbocycles. The van der Waals surface area contributed by atoms with Crippen LogP contribution in [-0.4, -0.2) is 38.5 Å². The molecule has 1 aliphatic rings. The summed E-state index contributed by atoms with van der Waals surface area (Å²) >= 11 is 4.78. The highest BCUT2D eigenvalue weighted by Crippen LogP contribution is 2.37. The Morgan fingerprint density at radius 2 is 2.00 bits per heavy atom. The van der Waals surface area contributed by atoms with Gasteiger partial charge in [0.05, 0.1) is 29.7 Å². The van der Waals surface area contributed by atoms with Gasteiger partial charge in [-0.1, -0.05) is 55.9 Å². The molecule has 6 nitrogen and oxygen atoms in total. The van der Waals surface area contributed by atoms with Crippen molar-refractivity contribution in [3.05, 3.63) is 63.1 Å². The molecule has 1 aliphatic carbocycles. The molecule has 0 spiro atoms. The van der Waals surface area contributed by atoms with E-state index in [-0.39, 0.29) is 16.3 Å². The van der Waals surface area contributed by atoms with Gasteiger partial charge in [-0.25, -0.2) is 8.42 Å². The first-order valence-corrected chi connectivity index (χ1v) is 17.0. The minimum Gasteiger partial charge on any atom is -0.321 e.